The zero-order chi connectivity index (χ0) is 12.5. The van der Waals surface area contributed by atoms with Crippen molar-refractivity contribution in [1.29, 1.82) is 0 Å². The second-order valence-corrected chi connectivity index (χ2v) is 3.64. The largest absolute Gasteiger partial charge is 0.480 e. The van der Waals surface area contributed by atoms with Crippen LogP contribution in [0.25, 0.3) is 0 Å². The number of carboxylic acids is 1. The number of hydrogen-bond acceptors (Lipinski definition) is 4. The molecule has 1 N–H and O–H groups in total. The minimum atomic E-state index is -1.06. The number of carboxylic acid groups (broad SMARTS) is 1. The summed E-state index contributed by atoms with van der Waals surface area (Å²) in [5, 5.41) is 12.4. The number of carbonyl (C=O) groups is 2. The first-order valence-electron chi connectivity index (χ1n) is 4.79. The molecule has 0 aliphatic carbocycles. The van der Waals surface area contributed by atoms with Crippen LogP contribution >= 0.6 is 0 Å². The Hall–Kier alpha value is -1.85. The predicted molar refractivity (Wildman–Crippen MR) is 55.2 cm³/mol. The van der Waals surface area contributed by atoms with Gasteiger partial charge in [-0.05, 0) is 20.8 Å². The number of likely N-dealkylation sites (N-methyl/N-ethyl adjacent to an activating group) is 1. The fraction of sp³-hybridized carbons (Fsp3) is 0.500. The fourth-order valence-corrected chi connectivity index (χ4v) is 1.13. The lowest BCUT2D eigenvalue weighted by molar-refractivity contribution is -0.141. The Morgan fingerprint density at radius 1 is 1.44 bits per heavy atom. The van der Waals surface area contributed by atoms with E-state index in [1.807, 2.05) is 0 Å². The maximum Gasteiger partial charge on any atom is 0.326 e. The Morgan fingerprint density at radius 2 is 2.00 bits per heavy atom. The van der Waals surface area contributed by atoms with Gasteiger partial charge in [0.1, 0.15) is 11.8 Å². The Labute approximate surface area is 92.8 Å². The number of carbonyl (C=O) groups excluding carboxylic acids is 1. The van der Waals surface area contributed by atoms with E-state index in [9.17, 15) is 9.59 Å². The van der Waals surface area contributed by atoms with Gasteiger partial charge in [-0.2, -0.15) is 0 Å². The van der Waals surface area contributed by atoms with E-state index in [2.05, 4.69) is 5.16 Å². The van der Waals surface area contributed by atoms with E-state index in [4.69, 9.17) is 9.63 Å². The minimum Gasteiger partial charge on any atom is -0.480 e. The summed E-state index contributed by atoms with van der Waals surface area (Å²) < 4.78 is 4.86. The molecule has 0 aliphatic rings. The summed E-state index contributed by atoms with van der Waals surface area (Å²) in [6.07, 6.45) is 0. The van der Waals surface area contributed by atoms with Crippen molar-refractivity contribution < 1.29 is 19.2 Å². The van der Waals surface area contributed by atoms with E-state index in [0.29, 0.717) is 11.3 Å². The number of amides is 1. The summed E-state index contributed by atoms with van der Waals surface area (Å²) >= 11 is 0. The second kappa shape index (κ2) is 4.34. The fourth-order valence-electron chi connectivity index (χ4n) is 1.13. The molecule has 1 heterocycles. The standard InChI is InChI=1S/C10H14N2O4/c1-5-7(3)16-11-8(5)9(13)12(4)6(2)10(14)15/h6H,1-4H3,(H,14,15). The first-order chi connectivity index (χ1) is 7.36. The van der Waals surface area contributed by atoms with Crippen LogP contribution in [0.2, 0.25) is 0 Å². The molecule has 6 nitrogen and oxygen atoms in total. The summed E-state index contributed by atoms with van der Waals surface area (Å²) in [6.45, 7) is 4.83. The van der Waals surface area contributed by atoms with Crippen LogP contribution in [0.5, 0.6) is 0 Å². The topological polar surface area (TPSA) is 83.6 Å². The average Bonchev–Trinajstić information content (AvgIpc) is 2.56. The number of rotatable bonds is 3. The molecular formula is C10H14N2O4. The lowest BCUT2D eigenvalue weighted by Crippen LogP contribution is -2.40. The third kappa shape index (κ3) is 2.05. The molecule has 0 aromatic carbocycles. The summed E-state index contributed by atoms with van der Waals surface area (Å²) in [5.74, 6) is -0.960. The first-order valence-corrected chi connectivity index (χ1v) is 4.79. The third-order valence-electron chi connectivity index (χ3n) is 2.62. The Bertz CT molecular complexity index is 424. The van der Waals surface area contributed by atoms with Gasteiger partial charge in [0.2, 0.25) is 0 Å². The molecule has 6 heteroatoms. The zero-order valence-corrected chi connectivity index (χ0v) is 9.64. The highest BCUT2D eigenvalue weighted by Crippen LogP contribution is 2.14. The molecule has 16 heavy (non-hydrogen) atoms. The van der Waals surface area contributed by atoms with Crippen molar-refractivity contribution in [3.8, 4) is 0 Å². The number of aromatic nitrogens is 1. The molecule has 0 fully saturated rings. The van der Waals surface area contributed by atoms with Crippen molar-refractivity contribution in [1.82, 2.24) is 10.1 Å². The normalized spacial score (nSPS) is 12.2. The average molecular weight is 226 g/mol. The summed E-state index contributed by atoms with van der Waals surface area (Å²) in [6, 6.07) is -0.899. The predicted octanol–water partition coefficient (Wildman–Crippen LogP) is 0.837. The van der Waals surface area contributed by atoms with Gasteiger partial charge in [-0.1, -0.05) is 5.16 Å². The van der Waals surface area contributed by atoms with Gasteiger partial charge in [0.25, 0.3) is 5.91 Å². The van der Waals surface area contributed by atoms with E-state index in [-0.39, 0.29) is 5.69 Å². The van der Waals surface area contributed by atoms with Crippen molar-refractivity contribution in [3.63, 3.8) is 0 Å². The molecule has 0 saturated carbocycles. The molecule has 88 valence electrons. The molecule has 0 aliphatic heterocycles. The summed E-state index contributed by atoms with van der Waals surface area (Å²) in [4.78, 5) is 23.7. The molecule has 1 atom stereocenters. The van der Waals surface area contributed by atoms with Gasteiger partial charge < -0.3 is 14.5 Å². The van der Waals surface area contributed by atoms with Gasteiger partial charge in [0.05, 0.1) is 0 Å². The zero-order valence-electron chi connectivity index (χ0n) is 9.64. The van der Waals surface area contributed by atoms with Crippen LogP contribution in [-0.4, -0.2) is 40.1 Å². The van der Waals surface area contributed by atoms with Gasteiger partial charge in [-0.15, -0.1) is 0 Å². The number of nitrogens with zero attached hydrogens (tertiary/aromatic N) is 2. The van der Waals surface area contributed by atoms with Crippen LogP contribution in [0.4, 0.5) is 0 Å². The monoisotopic (exact) mass is 226 g/mol. The van der Waals surface area contributed by atoms with E-state index in [0.717, 1.165) is 4.90 Å². The van der Waals surface area contributed by atoms with Gasteiger partial charge >= 0.3 is 5.97 Å². The summed E-state index contributed by atoms with van der Waals surface area (Å²) in [5.41, 5.74) is 0.794. The van der Waals surface area contributed by atoms with E-state index in [1.54, 1.807) is 13.8 Å². The van der Waals surface area contributed by atoms with Gasteiger partial charge in [-0.3, -0.25) is 4.79 Å². The van der Waals surface area contributed by atoms with Crippen LogP contribution in [-0.2, 0) is 4.79 Å². The molecule has 1 aromatic heterocycles. The Balaban J connectivity index is 2.95. The molecule has 1 aromatic rings. The lowest BCUT2D eigenvalue weighted by Gasteiger charge is -2.20. The maximum atomic E-state index is 11.9. The quantitative estimate of drug-likeness (QED) is 0.825. The van der Waals surface area contributed by atoms with E-state index < -0.39 is 17.9 Å². The van der Waals surface area contributed by atoms with Crippen LogP contribution in [0.15, 0.2) is 4.52 Å². The lowest BCUT2D eigenvalue weighted by atomic mass is 10.2. The highest BCUT2D eigenvalue weighted by Gasteiger charge is 2.26. The Kier molecular flexibility index (Phi) is 3.31. The highest BCUT2D eigenvalue weighted by molar-refractivity contribution is 5.95. The molecule has 0 bridgehead atoms. The smallest absolute Gasteiger partial charge is 0.326 e. The second-order valence-electron chi connectivity index (χ2n) is 3.64. The molecule has 1 amide bonds. The number of aryl methyl sites for hydroxylation is 1. The van der Waals surface area contributed by atoms with Crippen molar-refractivity contribution in [2.45, 2.75) is 26.8 Å². The van der Waals surface area contributed by atoms with Crippen LogP contribution < -0.4 is 0 Å². The van der Waals surface area contributed by atoms with Crippen molar-refractivity contribution in [2.24, 2.45) is 0 Å². The first kappa shape index (κ1) is 12.2. The number of aliphatic carboxylic acids is 1. The van der Waals surface area contributed by atoms with E-state index >= 15 is 0 Å². The summed E-state index contributed by atoms with van der Waals surface area (Å²) in [7, 11) is 1.42. The molecule has 0 radical (unpaired) electrons. The van der Waals surface area contributed by atoms with Gasteiger partial charge in [0, 0.05) is 12.6 Å². The molecular weight excluding hydrogens is 212 g/mol. The van der Waals surface area contributed by atoms with Crippen LogP contribution in [0.3, 0.4) is 0 Å². The Morgan fingerprint density at radius 3 is 2.38 bits per heavy atom. The van der Waals surface area contributed by atoms with Gasteiger partial charge in [0.15, 0.2) is 5.69 Å². The molecule has 0 spiro atoms. The third-order valence-corrected chi connectivity index (χ3v) is 2.62. The molecule has 0 saturated heterocycles. The van der Waals surface area contributed by atoms with Crippen molar-refractivity contribution in [3.05, 3.63) is 17.0 Å². The van der Waals surface area contributed by atoms with Crippen LogP contribution in [0, 0.1) is 13.8 Å². The van der Waals surface area contributed by atoms with Crippen molar-refractivity contribution in [2.75, 3.05) is 7.05 Å². The molecule has 1 unspecified atom stereocenters. The maximum absolute atomic E-state index is 11.9. The minimum absolute atomic E-state index is 0.160. The highest BCUT2D eigenvalue weighted by atomic mass is 16.5. The molecule has 1 rings (SSSR count). The van der Waals surface area contributed by atoms with Gasteiger partial charge in [-0.25, -0.2) is 4.79 Å². The van der Waals surface area contributed by atoms with Crippen LogP contribution in [0.1, 0.15) is 28.7 Å². The number of hydrogen-bond donors (Lipinski definition) is 1. The van der Waals surface area contributed by atoms with E-state index in [1.165, 1.54) is 14.0 Å². The van der Waals surface area contributed by atoms with Crippen molar-refractivity contribution >= 4 is 11.9 Å². The SMILES string of the molecule is Cc1onc(C(=O)N(C)C(C)C(=O)O)c1C.